The summed E-state index contributed by atoms with van der Waals surface area (Å²) in [6.45, 7) is 2.66. The third-order valence-corrected chi connectivity index (χ3v) is 4.15. The minimum Gasteiger partial charge on any atom is -0.481 e. The maximum absolute atomic E-state index is 12.1. The maximum atomic E-state index is 12.1. The fourth-order valence-corrected chi connectivity index (χ4v) is 2.39. The van der Waals surface area contributed by atoms with Gasteiger partial charge in [-0.1, -0.05) is 0 Å². The second-order valence-electron chi connectivity index (χ2n) is 4.82. The second kappa shape index (κ2) is 6.21. The van der Waals surface area contributed by atoms with Crippen LogP contribution in [0.4, 0.5) is 10.6 Å². The fraction of sp³-hybridized carbons (Fsp3) is 0.462. The molecule has 1 saturated heterocycles. The monoisotopic (exact) mass is 341 g/mol. The molecule has 1 aliphatic rings. The Morgan fingerprint density at radius 1 is 1.50 bits per heavy atom. The molecule has 6 nitrogen and oxygen atoms in total. The first-order valence-corrected chi connectivity index (χ1v) is 7.18. The van der Waals surface area contributed by atoms with Crippen molar-refractivity contribution in [2.45, 2.75) is 19.8 Å². The number of carboxylic acid groups (broad SMARTS) is 1. The molecule has 108 valence electrons. The molecule has 1 aromatic rings. The molecule has 2 amide bonds. The van der Waals surface area contributed by atoms with Crippen molar-refractivity contribution in [3.05, 3.63) is 22.3 Å². The Balaban J connectivity index is 2.00. The molecule has 2 heterocycles. The molecule has 1 fully saturated rings. The third kappa shape index (κ3) is 3.47. The van der Waals surface area contributed by atoms with Crippen LogP contribution in [0.25, 0.3) is 0 Å². The van der Waals surface area contributed by atoms with E-state index in [1.807, 2.05) is 13.0 Å². The fourth-order valence-electron chi connectivity index (χ4n) is 2.17. The number of anilines is 1. The molecule has 0 aliphatic carbocycles. The zero-order valence-electron chi connectivity index (χ0n) is 11.1. The van der Waals surface area contributed by atoms with Gasteiger partial charge in [-0.05, 0) is 47.8 Å². The van der Waals surface area contributed by atoms with Crippen molar-refractivity contribution in [2.24, 2.45) is 5.92 Å². The van der Waals surface area contributed by atoms with Gasteiger partial charge >= 0.3 is 12.0 Å². The van der Waals surface area contributed by atoms with Crippen LogP contribution in [0.1, 0.15) is 18.5 Å². The van der Waals surface area contributed by atoms with Crippen molar-refractivity contribution >= 4 is 33.7 Å². The molecule has 2 rings (SSSR count). The summed E-state index contributed by atoms with van der Waals surface area (Å²) in [5.74, 6) is -0.859. The SMILES string of the molecule is Cc1nc(NC(=O)N2CCCC(C(=O)O)C2)ccc1Br. The van der Waals surface area contributed by atoms with Crippen molar-refractivity contribution in [1.82, 2.24) is 9.88 Å². The number of piperidine rings is 1. The molecular formula is C13H16BrN3O3. The van der Waals surface area contributed by atoms with Gasteiger partial charge in [-0.3, -0.25) is 10.1 Å². The van der Waals surface area contributed by atoms with Crippen molar-refractivity contribution < 1.29 is 14.7 Å². The molecule has 1 aliphatic heterocycles. The number of hydrogen-bond donors (Lipinski definition) is 2. The van der Waals surface area contributed by atoms with Crippen LogP contribution in [-0.4, -0.2) is 40.1 Å². The molecule has 0 bridgehead atoms. The van der Waals surface area contributed by atoms with Gasteiger partial charge in [0.1, 0.15) is 5.82 Å². The number of rotatable bonds is 2. The van der Waals surface area contributed by atoms with E-state index >= 15 is 0 Å². The average molecular weight is 342 g/mol. The van der Waals surface area contributed by atoms with Crippen molar-refractivity contribution in [1.29, 1.82) is 0 Å². The van der Waals surface area contributed by atoms with Gasteiger partial charge in [-0.15, -0.1) is 0 Å². The molecule has 0 spiro atoms. The number of aliphatic carboxylic acids is 1. The van der Waals surface area contributed by atoms with E-state index in [4.69, 9.17) is 5.11 Å². The maximum Gasteiger partial charge on any atom is 0.323 e. The molecule has 0 saturated carbocycles. The summed E-state index contributed by atoms with van der Waals surface area (Å²) >= 11 is 3.35. The summed E-state index contributed by atoms with van der Waals surface area (Å²) in [5, 5.41) is 11.7. The first-order chi connectivity index (χ1) is 9.47. The number of aromatic nitrogens is 1. The number of carboxylic acids is 1. The lowest BCUT2D eigenvalue weighted by Crippen LogP contribution is -2.44. The first-order valence-electron chi connectivity index (χ1n) is 6.39. The van der Waals surface area contributed by atoms with E-state index in [2.05, 4.69) is 26.2 Å². The van der Waals surface area contributed by atoms with E-state index in [0.717, 1.165) is 10.2 Å². The van der Waals surface area contributed by atoms with Crippen molar-refractivity contribution in [2.75, 3.05) is 18.4 Å². The van der Waals surface area contributed by atoms with Crippen LogP contribution in [0.3, 0.4) is 0 Å². The highest BCUT2D eigenvalue weighted by atomic mass is 79.9. The Bertz CT molecular complexity index is 536. The van der Waals surface area contributed by atoms with Crippen LogP contribution in [0.15, 0.2) is 16.6 Å². The van der Waals surface area contributed by atoms with Gasteiger partial charge < -0.3 is 10.0 Å². The summed E-state index contributed by atoms with van der Waals surface area (Å²) < 4.78 is 0.874. The van der Waals surface area contributed by atoms with E-state index in [9.17, 15) is 9.59 Å². The Labute approximate surface area is 125 Å². The van der Waals surface area contributed by atoms with E-state index in [0.29, 0.717) is 25.2 Å². The molecule has 1 aromatic heterocycles. The van der Waals surface area contributed by atoms with Crippen molar-refractivity contribution in [3.8, 4) is 0 Å². The predicted octanol–water partition coefficient (Wildman–Crippen LogP) is 2.48. The molecule has 7 heteroatoms. The van der Waals surface area contributed by atoms with Gasteiger partial charge in [0.05, 0.1) is 11.6 Å². The van der Waals surface area contributed by atoms with Crippen LogP contribution < -0.4 is 5.32 Å². The normalized spacial score (nSPS) is 18.7. The van der Waals surface area contributed by atoms with E-state index in [1.165, 1.54) is 4.90 Å². The zero-order chi connectivity index (χ0) is 14.7. The minimum absolute atomic E-state index is 0.247. The predicted molar refractivity (Wildman–Crippen MR) is 77.6 cm³/mol. The van der Waals surface area contributed by atoms with Crippen LogP contribution in [0.2, 0.25) is 0 Å². The number of aryl methyl sites for hydroxylation is 1. The topological polar surface area (TPSA) is 82.5 Å². The highest BCUT2D eigenvalue weighted by Crippen LogP contribution is 2.19. The quantitative estimate of drug-likeness (QED) is 0.865. The van der Waals surface area contributed by atoms with Gasteiger partial charge in [-0.2, -0.15) is 0 Å². The first kappa shape index (κ1) is 14.8. The largest absolute Gasteiger partial charge is 0.481 e. The molecule has 0 radical (unpaired) electrons. The standard InChI is InChI=1S/C13H16BrN3O3/c1-8-10(14)4-5-11(15-8)16-13(20)17-6-2-3-9(7-17)12(18)19/h4-5,9H,2-3,6-7H2,1H3,(H,18,19)(H,15,16,20). The number of nitrogens with one attached hydrogen (secondary N) is 1. The number of urea groups is 1. The average Bonchev–Trinajstić information content (AvgIpc) is 2.43. The molecular weight excluding hydrogens is 326 g/mol. The van der Waals surface area contributed by atoms with Crippen molar-refractivity contribution in [3.63, 3.8) is 0 Å². The Morgan fingerprint density at radius 3 is 2.90 bits per heavy atom. The van der Waals surface area contributed by atoms with E-state index in [-0.39, 0.29) is 12.6 Å². The van der Waals surface area contributed by atoms with Crippen LogP contribution in [0, 0.1) is 12.8 Å². The Morgan fingerprint density at radius 2 is 2.25 bits per heavy atom. The van der Waals surface area contributed by atoms with E-state index in [1.54, 1.807) is 6.07 Å². The zero-order valence-corrected chi connectivity index (χ0v) is 12.7. The van der Waals surface area contributed by atoms with Gasteiger partial charge in [-0.25, -0.2) is 9.78 Å². The molecule has 1 unspecified atom stereocenters. The summed E-state index contributed by atoms with van der Waals surface area (Å²) in [4.78, 5) is 28.9. The minimum atomic E-state index is -0.847. The Kier molecular flexibility index (Phi) is 4.59. The lowest BCUT2D eigenvalue weighted by molar-refractivity contribution is -0.143. The lowest BCUT2D eigenvalue weighted by Gasteiger charge is -2.30. The van der Waals surface area contributed by atoms with Gasteiger partial charge in [0, 0.05) is 17.6 Å². The number of nitrogens with zero attached hydrogens (tertiary/aromatic N) is 2. The van der Waals surface area contributed by atoms with Gasteiger partial charge in [0.2, 0.25) is 0 Å². The highest BCUT2D eigenvalue weighted by Gasteiger charge is 2.28. The number of hydrogen-bond acceptors (Lipinski definition) is 3. The number of pyridine rings is 1. The smallest absolute Gasteiger partial charge is 0.323 e. The highest BCUT2D eigenvalue weighted by molar-refractivity contribution is 9.10. The number of halogens is 1. The number of carbonyl (C=O) groups excluding carboxylic acids is 1. The lowest BCUT2D eigenvalue weighted by atomic mass is 9.99. The summed E-state index contributed by atoms with van der Waals surface area (Å²) in [6.07, 6.45) is 1.33. The van der Waals surface area contributed by atoms with E-state index < -0.39 is 11.9 Å². The summed E-state index contributed by atoms with van der Waals surface area (Å²) in [7, 11) is 0. The van der Waals surface area contributed by atoms with Crippen LogP contribution in [0.5, 0.6) is 0 Å². The molecule has 2 N–H and O–H groups in total. The molecule has 1 atom stereocenters. The molecule has 0 aromatic carbocycles. The number of amides is 2. The number of likely N-dealkylation sites (tertiary alicyclic amines) is 1. The second-order valence-corrected chi connectivity index (χ2v) is 5.67. The van der Waals surface area contributed by atoms with Crippen LogP contribution >= 0.6 is 15.9 Å². The Hall–Kier alpha value is -1.63. The summed E-state index contributed by atoms with van der Waals surface area (Å²) in [6, 6.07) is 3.21. The summed E-state index contributed by atoms with van der Waals surface area (Å²) in [5.41, 5.74) is 0.782. The number of carbonyl (C=O) groups is 2. The van der Waals surface area contributed by atoms with Gasteiger partial charge in [0.25, 0.3) is 0 Å². The third-order valence-electron chi connectivity index (χ3n) is 3.31. The van der Waals surface area contributed by atoms with Gasteiger partial charge in [0.15, 0.2) is 0 Å². The molecule has 20 heavy (non-hydrogen) atoms. The van der Waals surface area contributed by atoms with Crippen LogP contribution in [-0.2, 0) is 4.79 Å².